The highest BCUT2D eigenvalue weighted by Crippen LogP contribution is 2.30. The third-order valence-electron chi connectivity index (χ3n) is 5.60. The van der Waals surface area contributed by atoms with Crippen LogP contribution in [0.3, 0.4) is 0 Å². The van der Waals surface area contributed by atoms with Gasteiger partial charge in [-0.15, -0.1) is 0 Å². The standard InChI is InChI=1S/C27H20ClN3O4/c1-15-2-5-20(12-30-15)35-19-6-7-21-23(13-31-24(21)11-19)25(32)14-34-26-10-16-3-4-18(28)8-17(16)9-22(26)27(29)33/h2-13,31H,14H2,1H3,(H2,29,33). The van der Waals surface area contributed by atoms with Gasteiger partial charge in [0.15, 0.2) is 6.61 Å². The molecule has 7 nitrogen and oxygen atoms in total. The Kier molecular flexibility index (Phi) is 5.84. The summed E-state index contributed by atoms with van der Waals surface area (Å²) in [6.07, 6.45) is 3.28. The lowest BCUT2D eigenvalue weighted by atomic mass is 10.1. The summed E-state index contributed by atoms with van der Waals surface area (Å²) >= 11 is 6.05. The number of amides is 1. The zero-order chi connectivity index (χ0) is 24.5. The fourth-order valence-corrected chi connectivity index (χ4v) is 4.01. The number of H-pyrrole nitrogens is 1. The number of pyridine rings is 1. The molecule has 35 heavy (non-hydrogen) atoms. The molecule has 0 aliphatic heterocycles. The predicted molar refractivity (Wildman–Crippen MR) is 135 cm³/mol. The van der Waals surface area contributed by atoms with Crippen LogP contribution in [0.25, 0.3) is 21.7 Å². The molecule has 0 unspecified atom stereocenters. The fourth-order valence-electron chi connectivity index (χ4n) is 3.83. The summed E-state index contributed by atoms with van der Waals surface area (Å²) in [5.41, 5.74) is 7.83. The Morgan fingerprint density at radius 2 is 1.80 bits per heavy atom. The van der Waals surface area contributed by atoms with E-state index < -0.39 is 5.91 Å². The van der Waals surface area contributed by atoms with Gasteiger partial charge in [-0.3, -0.25) is 14.6 Å². The Morgan fingerprint density at radius 3 is 2.57 bits per heavy atom. The average molecular weight is 486 g/mol. The van der Waals surface area contributed by atoms with Gasteiger partial charge in [-0.1, -0.05) is 17.7 Å². The molecule has 8 heteroatoms. The largest absolute Gasteiger partial charge is 0.485 e. The Balaban J connectivity index is 1.36. The molecule has 0 aliphatic rings. The molecule has 3 aromatic carbocycles. The van der Waals surface area contributed by atoms with E-state index in [4.69, 9.17) is 26.8 Å². The first-order valence-corrected chi connectivity index (χ1v) is 11.2. The number of hydrogen-bond acceptors (Lipinski definition) is 5. The average Bonchev–Trinajstić information content (AvgIpc) is 3.26. The van der Waals surface area contributed by atoms with Crippen molar-refractivity contribution in [2.45, 2.75) is 6.92 Å². The Hall–Kier alpha value is -4.36. The molecule has 0 saturated carbocycles. The van der Waals surface area contributed by atoms with E-state index >= 15 is 0 Å². The quantitative estimate of drug-likeness (QED) is 0.282. The number of nitrogens with one attached hydrogen (secondary N) is 1. The van der Waals surface area contributed by atoms with Crippen molar-refractivity contribution < 1.29 is 19.1 Å². The normalized spacial score (nSPS) is 11.0. The van der Waals surface area contributed by atoms with Crippen molar-refractivity contribution in [3.63, 3.8) is 0 Å². The molecule has 2 aromatic heterocycles. The van der Waals surface area contributed by atoms with Gasteiger partial charge >= 0.3 is 0 Å². The number of fused-ring (bicyclic) bond motifs is 2. The molecule has 5 aromatic rings. The summed E-state index contributed by atoms with van der Waals surface area (Å²) in [5, 5.41) is 2.84. The minimum atomic E-state index is -0.655. The second kappa shape index (κ2) is 9.12. The first kappa shape index (κ1) is 22.4. The molecule has 3 N–H and O–H groups in total. The Bertz CT molecular complexity index is 1590. The molecule has 0 radical (unpaired) electrons. The molecule has 5 rings (SSSR count). The first-order chi connectivity index (χ1) is 16.9. The van der Waals surface area contributed by atoms with Gasteiger partial charge < -0.3 is 20.2 Å². The molecule has 0 spiro atoms. The van der Waals surface area contributed by atoms with Gasteiger partial charge in [-0.25, -0.2) is 0 Å². The van der Waals surface area contributed by atoms with Crippen molar-refractivity contribution in [1.82, 2.24) is 9.97 Å². The summed E-state index contributed by atoms with van der Waals surface area (Å²) in [4.78, 5) is 32.3. The van der Waals surface area contributed by atoms with Gasteiger partial charge in [0.25, 0.3) is 5.91 Å². The van der Waals surface area contributed by atoms with Crippen molar-refractivity contribution >= 4 is 45.0 Å². The van der Waals surface area contributed by atoms with Crippen LogP contribution in [0.15, 0.2) is 73.1 Å². The maximum atomic E-state index is 13.0. The van der Waals surface area contributed by atoms with Crippen molar-refractivity contribution in [2.24, 2.45) is 5.73 Å². The van der Waals surface area contributed by atoms with Crippen molar-refractivity contribution in [3.05, 3.63) is 94.9 Å². The second-order valence-electron chi connectivity index (χ2n) is 8.06. The van der Waals surface area contributed by atoms with E-state index in [1.807, 2.05) is 37.3 Å². The number of aromatic amines is 1. The van der Waals surface area contributed by atoms with Crippen LogP contribution in [0.5, 0.6) is 17.2 Å². The minimum Gasteiger partial charge on any atom is -0.485 e. The second-order valence-corrected chi connectivity index (χ2v) is 8.50. The Labute approximate surface area is 205 Å². The monoisotopic (exact) mass is 485 g/mol. The first-order valence-electron chi connectivity index (χ1n) is 10.8. The third-order valence-corrected chi connectivity index (χ3v) is 5.83. The summed E-state index contributed by atoms with van der Waals surface area (Å²) in [7, 11) is 0. The van der Waals surface area contributed by atoms with Crippen molar-refractivity contribution in [3.8, 4) is 17.2 Å². The molecule has 174 valence electrons. The maximum absolute atomic E-state index is 13.0. The number of primary amides is 1. The molecular weight excluding hydrogens is 466 g/mol. The highest BCUT2D eigenvalue weighted by atomic mass is 35.5. The van der Waals surface area contributed by atoms with Crippen molar-refractivity contribution in [1.29, 1.82) is 0 Å². The van der Waals surface area contributed by atoms with Crippen LogP contribution in [0.2, 0.25) is 5.02 Å². The number of hydrogen-bond donors (Lipinski definition) is 2. The molecule has 0 bridgehead atoms. The summed E-state index contributed by atoms with van der Waals surface area (Å²) in [6.45, 7) is 1.64. The van der Waals surface area contributed by atoms with Gasteiger partial charge in [0.05, 0.1) is 11.8 Å². The smallest absolute Gasteiger partial charge is 0.252 e. The number of Topliss-reactive ketones (excluding diaryl/α,β-unsaturated/α-hetero) is 1. The van der Waals surface area contributed by atoms with E-state index in [-0.39, 0.29) is 23.7 Å². The number of halogens is 1. The number of ether oxygens (including phenoxy) is 2. The highest BCUT2D eigenvalue weighted by molar-refractivity contribution is 6.31. The molecular formula is C27H20ClN3O4. The summed E-state index contributed by atoms with van der Waals surface area (Å²) < 4.78 is 11.6. The number of carbonyl (C=O) groups excluding carboxylic acids is 2. The lowest BCUT2D eigenvalue weighted by Gasteiger charge is -2.11. The number of nitrogens with zero attached hydrogens (tertiary/aromatic N) is 1. The number of aryl methyl sites for hydroxylation is 1. The number of aromatic nitrogens is 2. The number of nitrogens with two attached hydrogens (primary N) is 1. The van der Waals surface area contributed by atoms with E-state index in [0.717, 1.165) is 27.4 Å². The van der Waals surface area contributed by atoms with E-state index in [0.29, 0.717) is 22.1 Å². The summed E-state index contributed by atoms with van der Waals surface area (Å²) in [6, 6.07) is 17.7. The predicted octanol–water partition coefficient (Wildman–Crippen LogP) is 5.83. The van der Waals surface area contributed by atoms with Crippen LogP contribution < -0.4 is 15.2 Å². The van der Waals surface area contributed by atoms with Crippen LogP contribution >= 0.6 is 11.6 Å². The van der Waals surface area contributed by atoms with Crippen LogP contribution in [-0.4, -0.2) is 28.3 Å². The lowest BCUT2D eigenvalue weighted by Crippen LogP contribution is -2.16. The van der Waals surface area contributed by atoms with Gasteiger partial charge in [-0.05, 0) is 66.2 Å². The Morgan fingerprint density at radius 1 is 0.971 bits per heavy atom. The van der Waals surface area contributed by atoms with Crippen LogP contribution in [-0.2, 0) is 0 Å². The van der Waals surface area contributed by atoms with E-state index in [1.54, 1.807) is 42.7 Å². The SMILES string of the molecule is Cc1ccc(Oc2ccc3c(C(=O)COc4cc5ccc(Cl)cc5cc4C(N)=O)c[nH]c3c2)cn1. The zero-order valence-corrected chi connectivity index (χ0v) is 19.4. The molecule has 1 amide bonds. The van der Waals surface area contributed by atoms with Crippen LogP contribution in [0.4, 0.5) is 0 Å². The van der Waals surface area contributed by atoms with Gasteiger partial charge in [0.1, 0.15) is 17.2 Å². The molecule has 0 saturated heterocycles. The molecule has 0 fully saturated rings. The minimum absolute atomic E-state index is 0.180. The number of ketones is 1. The maximum Gasteiger partial charge on any atom is 0.252 e. The molecule has 0 aliphatic carbocycles. The van der Waals surface area contributed by atoms with Gasteiger partial charge in [0, 0.05) is 39.4 Å². The lowest BCUT2D eigenvalue weighted by molar-refractivity contribution is 0.0914. The highest BCUT2D eigenvalue weighted by Gasteiger charge is 2.17. The van der Waals surface area contributed by atoms with Gasteiger partial charge in [-0.2, -0.15) is 0 Å². The van der Waals surface area contributed by atoms with Crippen molar-refractivity contribution in [2.75, 3.05) is 6.61 Å². The number of carbonyl (C=O) groups is 2. The van der Waals surface area contributed by atoms with E-state index in [9.17, 15) is 9.59 Å². The third kappa shape index (κ3) is 4.67. The topological polar surface area (TPSA) is 107 Å². The molecule has 0 atom stereocenters. The zero-order valence-electron chi connectivity index (χ0n) is 18.7. The molecule has 2 heterocycles. The van der Waals surface area contributed by atoms with Gasteiger partial charge in [0.2, 0.25) is 5.78 Å². The van der Waals surface area contributed by atoms with E-state index in [1.165, 1.54) is 0 Å². The van der Waals surface area contributed by atoms with Crippen LogP contribution in [0.1, 0.15) is 26.4 Å². The fraction of sp³-hybridized carbons (Fsp3) is 0.0741. The van der Waals surface area contributed by atoms with E-state index in [2.05, 4.69) is 9.97 Å². The number of rotatable bonds is 7. The number of benzene rings is 3. The summed E-state index contributed by atoms with van der Waals surface area (Å²) in [5.74, 6) is 0.566. The van der Waals surface area contributed by atoms with Crippen LogP contribution in [0, 0.1) is 6.92 Å².